The second-order valence-electron chi connectivity index (χ2n) is 2.35. The van der Waals surface area contributed by atoms with Crippen LogP contribution in [0.1, 0.15) is 6.92 Å². The zero-order valence-corrected chi connectivity index (χ0v) is 6.97. The first-order valence-electron chi connectivity index (χ1n) is 3.55. The van der Waals surface area contributed by atoms with E-state index in [1.54, 1.807) is 0 Å². The molecule has 0 aliphatic rings. The molecule has 0 amide bonds. The van der Waals surface area contributed by atoms with E-state index in [9.17, 15) is 18.0 Å². The molecule has 0 heterocycles. The molecule has 4 nitrogen and oxygen atoms in total. The van der Waals surface area contributed by atoms with Crippen LogP contribution in [0.2, 0.25) is 0 Å². The average Bonchev–Trinajstić information content (AvgIpc) is 2.00. The van der Waals surface area contributed by atoms with Gasteiger partial charge in [0.15, 0.2) is 0 Å². The molecule has 7 heteroatoms. The first-order valence-corrected chi connectivity index (χ1v) is 3.55. The Hall–Kier alpha value is -0.820. The zero-order valence-electron chi connectivity index (χ0n) is 6.97. The number of hydrogen-bond acceptors (Lipinski definition) is 4. The number of carbonyl (C=O) groups is 1. The topological polar surface area (TPSA) is 78.3 Å². The minimum atomic E-state index is -4.69. The predicted octanol–water partition coefficient (Wildman–Crippen LogP) is -0.234. The van der Waals surface area contributed by atoms with E-state index in [0.717, 1.165) is 0 Å². The molecule has 4 N–H and O–H groups in total. The van der Waals surface area contributed by atoms with Gasteiger partial charge in [-0.15, -0.1) is 0 Å². The van der Waals surface area contributed by atoms with Crippen molar-refractivity contribution in [3.8, 4) is 0 Å². The Balaban J connectivity index is 4.25. The van der Waals surface area contributed by atoms with Gasteiger partial charge in [0.2, 0.25) is 0 Å². The van der Waals surface area contributed by atoms with Gasteiger partial charge in [-0.1, -0.05) is 0 Å². The van der Waals surface area contributed by atoms with Crippen molar-refractivity contribution in [2.75, 3.05) is 6.61 Å². The van der Waals surface area contributed by atoms with Gasteiger partial charge >= 0.3 is 12.1 Å². The molecule has 2 unspecified atom stereocenters. The summed E-state index contributed by atoms with van der Waals surface area (Å²) >= 11 is 0. The number of alkyl halides is 3. The molecule has 0 aliphatic carbocycles. The average molecular weight is 200 g/mol. The molecule has 0 saturated heterocycles. The van der Waals surface area contributed by atoms with Crippen LogP contribution in [-0.2, 0) is 9.53 Å². The Bertz CT molecular complexity index is 183. The van der Waals surface area contributed by atoms with Crippen molar-refractivity contribution >= 4 is 5.97 Å². The second-order valence-corrected chi connectivity index (χ2v) is 2.35. The van der Waals surface area contributed by atoms with Crippen LogP contribution in [0.25, 0.3) is 0 Å². The van der Waals surface area contributed by atoms with E-state index in [2.05, 4.69) is 10.5 Å². The standard InChI is InChI=1S/C6H11F3N2O2/c1-2-13-5(12)3(10)4(11)6(7,8)9/h3-4H,2,10-11H2,1H3. The van der Waals surface area contributed by atoms with Gasteiger partial charge in [0.1, 0.15) is 12.1 Å². The van der Waals surface area contributed by atoms with Crippen molar-refractivity contribution in [3.63, 3.8) is 0 Å². The third-order valence-corrected chi connectivity index (χ3v) is 1.32. The molecular formula is C6H11F3N2O2. The Morgan fingerprint density at radius 3 is 2.23 bits per heavy atom. The molecular weight excluding hydrogens is 189 g/mol. The van der Waals surface area contributed by atoms with Gasteiger partial charge in [-0.05, 0) is 6.92 Å². The van der Waals surface area contributed by atoms with Crippen LogP contribution >= 0.6 is 0 Å². The van der Waals surface area contributed by atoms with Gasteiger partial charge in [0.05, 0.1) is 6.61 Å². The van der Waals surface area contributed by atoms with Crippen molar-refractivity contribution in [3.05, 3.63) is 0 Å². The highest BCUT2D eigenvalue weighted by Gasteiger charge is 2.43. The van der Waals surface area contributed by atoms with Gasteiger partial charge < -0.3 is 16.2 Å². The Morgan fingerprint density at radius 1 is 1.46 bits per heavy atom. The molecule has 0 aromatic carbocycles. The Morgan fingerprint density at radius 2 is 1.92 bits per heavy atom. The van der Waals surface area contributed by atoms with Gasteiger partial charge in [-0.3, -0.25) is 4.79 Å². The first kappa shape index (κ1) is 12.2. The summed E-state index contributed by atoms with van der Waals surface area (Å²) in [4.78, 5) is 10.7. The maximum absolute atomic E-state index is 11.9. The number of nitrogens with two attached hydrogens (primary N) is 2. The normalized spacial score (nSPS) is 16.5. The Labute approximate surface area is 73.0 Å². The van der Waals surface area contributed by atoms with Gasteiger partial charge in [-0.25, -0.2) is 0 Å². The van der Waals surface area contributed by atoms with E-state index in [1.165, 1.54) is 6.92 Å². The highest BCUT2D eigenvalue weighted by molar-refractivity contribution is 5.76. The molecule has 0 aliphatic heterocycles. The predicted molar refractivity (Wildman–Crippen MR) is 38.6 cm³/mol. The van der Waals surface area contributed by atoms with Crippen LogP contribution in [0.5, 0.6) is 0 Å². The summed E-state index contributed by atoms with van der Waals surface area (Å²) in [7, 11) is 0. The lowest BCUT2D eigenvalue weighted by atomic mass is 10.1. The van der Waals surface area contributed by atoms with E-state index in [4.69, 9.17) is 5.73 Å². The lowest BCUT2D eigenvalue weighted by molar-refractivity contribution is -0.167. The van der Waals surface area contributed by atoms with E-state index in [1.807, 2.05) is 0 Å². The minimum Gasteiger partial charge on any atom is -0.465 e. The number of ether oxygens (including phenoxy) is 1. The van der Waals surface area contributed by atoms with Crippen molar-refractivity contribution in [2.24, 2.45) is 11.5 Å². The molecule has 0 bridgehead atoms. The van der Waals surface area contributed by atoms with Crippen LogP contribution in [-0.4, -0.2) is 30.8 Å². The number of halogens is 3. The SMILES string of the molecule is CCOC(=O)C(N)C(N)C(F)(F)F. The first-order chi connectivity index (χ1) is 5.80. The molecule has 0 rings (SSSR count). The van der Waals surface area contributed by atoms with Crippen LogP contribution < -0.4 is 11.5 Å². The van der Waals surface area contributed by atoms with E-state index >= 15 is 0 Å². The molecule has 13 heavy (non-hydrogen) atoms. The van der Waals surface area contributed by atoms with Crippen LogP contribution in [0.3, 0.4) is 0 Å². The minimum absolute atomic E-state index is 0.0306. The van der Waals surface area contributed by atoms with Crippen molar-refractivity contribution in [2.45, 2.75) is 25.2 Å². The largest absolute Gasteiger partial charge is 0.465 e. The fourth-order valence-corrected chi connectivity index (χ4v) is 0.589. The van der Waals surface area contributed by atoms with Gasteiger partial charge in [0, 0.05) is 0 Å². The van der Waals surface area contributed by atoms with Crippen molar-refractivity contribution in [1.82, 2.24) is 0 Å². The fourth-order valence-electron chi connectivity index (χ4n) is 0.589. The number of hydrogen-bond donors (Lipinski definition) is 2. The van der Waals surface area contributed by atoms with Gasteiger partial charge in [0.25, 0.3) is 0 Å². The van der Waals surface area contributed by atoms with Crippen molar-refractivity contribution < 1.29 is 22.7 Å². The lowest BCUT2D eigenvalue weighted by Crippen LogP contribution is -2.55. The summed E-state index contributed by atoms with van der Waals surface area (Å²) in [6, 6.07) is -4.24. The quantitative estimate of drug-likeness (QED) is 0.616. The molecule has 78 valence electrons. The number of esters is 1. The van der Waals surface area contributed by atoms with E-state index in [0.29, 0.717) is 0 Å². The van der Waals surface area contributed by atoms with E-state index in [-0.39, 0.29) is 6.61 Å². The smallest absolute Gasteiger partial charge is 0.405 e. The third-order valence-electron chi connectivity index (χ3n) is 1.32. The molecule has 2 atom stereocenters. The Kier molecular flexibility index (Phi) is 4.15. The summed E-state index contributed by atoms with van der Waals surface area (Å²) < 4.78 is 39.9. The highest BCUT2D eigenvalue weighted by Crippen LogP contribution is 2.20. The maximum atomic E-state index is 11.9. The molecule has 0 aromatic heterocycles. The second kappa shape index (κ2) is 4.43. The monoisotopic (exact) mass is 200 g/mol. The third kappa shape index (κ3) is 3.60. The molecule has 0 aromatic rings. The summed E-state index contributed by atoms with van der Waals surface area (Å²) in [5.74, 6) is -1.15. The lowest BCUT2D eigenvalue weighted by Gasteiger charge is -2.20. The summed E-state index contributed by atoms with van der Waals surface area (Å²) in [6.07, 6.45) is -4.69. The number of rotatable bonds is 3. The molecule has 0 fully saturated rings. The summed E-state index contributed by atoms with van der Waals surface area (Å²) in [5.41, 5.74) is 9.59. The summed E-state index contributed by atoms with van der Waals surface area (Å²) in [5, 5.41) is 0. The van der Waals surface area contributed by atoms with Crippen molar-refractivity contribution in [1.29, 1.82) is 0 Å². The zero-order chi connectivity index (χ0) is 10.6. The molecule has 0 radical (unpaired) electrons. The van der Waals surface area contributed by atoms with Crippen LogP contribution in [0.15, 0.2) is 0 Å². The van der Waals surface area contributed by atoms with Crippen LogP contribution in [0.4, 0.5) is 13.2 Å². The highest BCUT2D eigenvalue weighted by atomic mass is 19.4. The van der Waals surface area contributed by atoms with Crippen LogP contribution in [0, 0.1) is 0 Å². The fraction of sp³-hybridized carbons (Fsp3) is 0.833. The van der Waals surface area contributed by atoms with Gasteiger partial charge in [-0.2, -0.15) is 13.2 Å². The molecule has 0 spiro atoms. The summed E-state index contributed by atoms with van der Waals surface area (Å²) in [6.45, 7) is 1.43. The molecule has 0 saturated carbocycles. The maximum Gasteiger partial charge on any atom is 0.405 e. The number of carbonyl (C=O) groups excluding carboxylic acids is 1. The van der Waals surface area contributed by atoms with E-state index < -0.39 is 24.2 Å².